The Morgan fingerprint density at radius 2 is 2.33 bits per heavy atom. The number of hydrogen-bond acceptors (Lipinski definition) is 5. The van der Waals surface area contributed by atoms with Gasteiger partial charge in [-0.25, -0.2) is 4.90 Å². The number of rotatable bonds is 2. The van der Waals surface area contributed by atoms with Crippen LogP contribution in [0, 0.1) is 0 Å². The van der Waals surface area contributed by atoms with Gasteiger partial charge in [-0.05, 0) is 24.9 Å². The molecular weight excluding hydrogens is 196 g/mol. The Hall–Kier alpha value is -1.72. The van der Waals surface area contributed by atoms with Gasteiger partial charge in [0.1, 0.15) is 12.4 Å². The van der Waals surface area contributed by atoms with Gasteiger partial charge in [-0.15, -0.1) is 0 Å². The van der Waals surface area contributed by atoms with Crippen LogP contribution in [0.25, 0.3) is 0 Å². The maximum atomic E-state index is 11.6. The van der Waals surface area contributed by atoms with Crippen LogP contribution >= 0.6 is 0 Å². The minimum absolute atomic E-state index is 0.113. The van der Waals surface area contributed by atoms with Crippen LogP contribution < -0.4 is 4.90 Å². The van der Waals surface area contributed by atoms with Gasteiger partial charge in [0.15, 0.2) is 0 Å². The fourth-order valence-electron chi connectivity index (χ4n) is 1.46. The Balaban J connectivity index is 1.86. The number of carbonyl (C=O) groups is 1. The monoisotopic (exact) mass is 206 g/mol. The van der Waals surface area contributed by atoms with Crippen molar-refractivity contribution in [1.82, 2.24) is 10.1 Å². The number of aromatic nitrogens is 2. The molecule has 1 fully saturated rings. The average molecular weight is 206 g/mol. The van der Waals surface area contributed by atoms with Gasteiger partial charge < -0.3 is 4.52 Å². The summed E-state index contributed by atoms with van der Waals surface area (Å²) in [5.74, 6) is 1.22. The highest BCUT2D eigenvalue weighted by Crippen LogP contribution is 2.39. The molecule has 1 amide bonds. The van der Waals surface area contributed by atoms with Gasteiger partial charge in [0.2, 0.25) is 5.89 Å². The van der Waals surface area contributed by atoms with Crippen LogP contribution in [0.5, 0.6) is 0 Å². The zero-order chi connectivity index (χ0) is 10.4. The zero-order valence-corrected chi connectivity index (χ0v) is 8.25. The second-order valence-electron chi connectivity index (χ2n) is 3.86. The molecule has 1 aromatic heterocycles. The molecule has 6 heteroatoms. The van der Waals surface area contributed by atoms with Crippen molar-refractivity contribution in [2.45, 2.75) is 31.7 Å². The van der Waals surface area contributed by atoms with Crippen molar-refractivity contribution >= 4 is 18.2 Å². The fraction of sp³-hybridized carbons (Fsp3) is 0.556. The van der Waals surface area contributed by atoms with Crippen LogP contribution in [-0.4, -0.2) is 28.4 Å². The predicted molar refractivity (Wildman–Crippen MR) is 51.7 cm³/mol. The highest BCUT2D eigenvalue weighted by atomic mass is 16.5. The van der Waals surface area contributed by atoms with Gasteiger partial charge in [0.25, 0.3) is 11.9 Å². The van der Waals surface area contributed by atoms with E-state index in [1.165, 1.54) is 11.2 Å². The summed E-state index contributed by atoms with van der Waals surface area (Å²) in [6.07, 6.45) is 3.65. The molecule has 1 aliphatic carbocycles. The van der Waals surface area contributed by atoms with Crippen molar-refractivity contribution < 1.29 is 9.32 Å². The van der Waals surface area contributed by atoms with Crippen molar-refractivity contribution in [3.63, 3.8) is 0 Å². The standard InChI is InChI=1S/C9H10N4O2/c1-5-8(14)13(4-10-5)9-11-7(15-12-9)6-2-3-6/h4-6H,2-3H2,1H3. The summed E-state index contributed by atoms with van der Waals surface area (Å²) >= 11 is 0. The van der Waals surface area contributed by atoms with E-state index in [1.807, 2.05) is 0 Å². The summed E-state index contributed by atoms with van der Waals surface area (Å²) in [6.45, 7) is 1.74. The lowest BCUT2D eigenvalue weighted by Crippen LogP contribution is -2.30. The summed E-state index contributed by atoms with van der Waals surface area (Å²) < 4.78 is 5.07. The summed E-state index contributed by atoms with van der Waals surface area (Å²) in [5, 5.41) is 3.77. The topological polar surface area (TPSA) is 71.6 Å². The van der Waals surface area contributed by atoms with E-state index in [4.69, 9.17) is 4.52 Å². The van der Waals surface area contributed by atoms with Gasteiger partial charge in [-0.1, -0.05) is 0 Å². The Bertz CT molecular complexity index is 435. The van der Waals surface area contributed by atoms with Gasteiger partial charge in [-0.2, -0.15) is 4.98 Å². The van der Waals surface area contributed by atoms with Crippen LogP contribution in [0.15, 0.2) is 9.52 Å². The summed E-state index contributed by atoms with van der Waals surface area (Å²) in [7, 11) is 0. The number of carbonyl (C=O) groups excluding carboxylic acids is 1. The van der Waals surface area contributed by atoms with Crippen molar-refractivity contribution in [3.05, 3.63) is 5.89 Å². The molecule has 2 heterocycles. The van der Waals surface area contributed by atoms with Crippen molar-refractivity contribution in [3.8, 4) is 0 Å². The first-order valence-electron chi connectivity index (χ1n) is 4.95. The van der Waals surface area contributed by atoms with E-state index in [0.717, 1.165) is 12.8 Å². The summed E-state index contributed by atoms with van der Waals surface area (Å²) in [5.41, 5.74) is 0. The second-order valence-corrected chi connectivity index (χ2v) is 3.86. The lowest BCUT2D eigenvalue weighted by molar-refractivity contribution is -0.117. The smallest absolute Gasteiger partial charge is 0.278 e. The fourth-order valence-corrected chi connectivity index (χ4v) is 1.46. The molecule has 6 nitrogen and oxygen atoms in total. The van der Waals surface area contributed by atoms with E-state index < -0.39 is 0 Å². The molecule has 1 unspecified atom stereocenters. The number of anilines is 1. The maximum absolute atomic E-state index is 11.6. The summed E-state index contributed by atoms with van der Waals surface area (Å²) in [4.78, 5) is 21.1. The molecule has 78 valence electrons. The van der Waals surface area contributed by atoms with E-state index in [-0.39, 0.29) is 11.9 Å². The highest BCUT2D eigenvalue weighted by molar-refractivity contribution is 6.13. The first-order chi connectivity index (χ1) is 7.25. The molecule has 0 radical (unpaired) electrons. The van der Waals surface area contributed by atoms with Gasteiger partial charge in [0, 0.05) is 5.92 Å². The first kappa shape index (κ1) is 8.58. The summed E-state index contributed by atoms with van der Waals surface area (Å²) in [6, 6.07) is -0.340. The van der Waals surface area contributed by atoms with E-state index in [1.54, 1.807) is 6.92 Å². The van der Waals surface area contributed by atoms with E-state index in [0.29, 0.717) is 17.8 Å². The molecule has 0 spiro atoms. The van der Waals surface area contributed by atoms with Crippen LogP contribution in [0.4, 0.5) is 5.95 Å². The third kappa shape index (κ3) is 1.33. The van der Waals surface area contributed by atoms with Gasteiger partial charge in [0.05, 0.1) is 0 Å². The zero-order valence-electron chi connectivity index (χ0n) is 8.25. The molecule has 3 rings (SSSR count). The molecule has 2 aliphatic rings. The molecule has 0 bridgehead atoms. The van der Waals surface area contributed by atoms with E-state index >= 15 is 0 Å². The third-order valence-electron chi connectivity index (χ3n) is 2.57. The molecule has 1 aliphatic heterocycles. The minimum atomic E-state index is -0.340. The molecule has 15 heavy (non-hydrogen) atoms. The van der Waals surface area contributed by atoms with E-state index in [9.17, 15) is 4.79 Å². The molecule has 1 atom stereocenters. The normalized spacial score (nSPS) is 25.3. The predicted octanol–water partition coefficient (Wildman–Crippen LogP) is 0.710. The highest BCUT2D eigenvalue weighted by Gasteiger charge is 2.33. The molecule has 0 N–H and O–H groups in total. The second kappa shape index (κ2) is 2.88. The Kier molecular flexibility index (Phi) is 1.65. The number of amides is 1. The number of hydrogen-bond donors (Lipinski definition) is 0. The van der Waals surface area contributed by atoms with Crippen LogP contribution in [0.1, 0.15) is 31.6 Å². The van der Waals surface area contributed by atoms with Gasteiger partial charge in [-0.3, -0.25) is 9.79 Å². The largest absolute Gasteiger partial charge is 0.337 e. The Morgan fingerprint density at radius 3 is 2.93 bits per heavy atom. The van der Waals surface area contributed by atoms with Crippen LogP contribution in [0.3, 0.4) is 0 Å². The van der Waals surface area contributed by atoms with Crippen molar-refractivity contribution in [2.75, 3.05) is 4.90 Å². The molecular formula is C9H10N4O2. The molecule has 0 saturated heterocycles. The van der Waals surface area contributed by atoms with Crippen LogP contribution in [-0.2, 0) is 4.79 Å². The van der Waals surface area contributed by atoms with Gasteiger partial charge >= 0.3 is 0 Å². The first-order valence-corrected chi connectivity index (χ1v) is 4.95. The molecule has 1 saturated carbocycles. The molecule has 0 aromatic carbocycles. The minimum Gasteiger partial charge on any atom is -0.337 e. The Morgan fingerprint density at radius 1 is 1.53 bits per heavy atom. The van der Waals surface area contributed by atoms with Crippen molar-refractivity contribution in [1.29, 1.82) is 0 Å². The number of aliphatic imine (C=N–C) groups is 1. The lowest BCUT2D eigenvalue weighted by Gasteiger charge is -2.05. The average Bonchev–Trinajstić information content (AvgIpc) is 2.89. The van der Waals surface area contributed by atoms with E-state index in [2.05, 4.69) is 15.1 Å². The SMILES string of the molecule is CC1N=CN(c2noc(C3CC3)n2)C1=O. The molecule has 1 aromatic rings. The lowest BCUT2D eigenvalue weighted by atomic mass is 10.3. The maximum Gasteiger partial charge on any atom is 0.278 e. The van der Waals surface area contributed by atoms with Crippen molar-refractivity contribution in [2.24, 2.45) is 4.99 Å². The van der Waals surface area contributed by atoms with Crippen LogP contribution in [0.2, 0.25) is 0 Å². The Labute approximate surface area is 86.0 Å². The third-order valence-corrected chi connectivity index (χ3v) is 2.57. The quantitative estimate of drug-likeness (QED) is 0.714. The number of nitrogens with zero attached hydrogens (tertiary/aromatic N) is 4.